The summed E-state index contributed by atoms with van der Waals surface area (Å²) in [7, 11) is 0. The number of anilines is 4. The van der Waals surface area contributed by atoms with Crippen LogP contribution in [0.3, 0.4) is 0 Å². The van der Waals surface area contributed by atoms with Gasteiger partial charge in [0.25, 0.3) is 0 Å². The summed E-state index contributed by atoms with van der Waals surface area (Å²) in [5, 5.41) is 3.27. The Labute approximate surface area is 109 Å². The molecule has 0 heterocycles. The van der Waals surface area contributed by atoms with Crippen LogP contribution in [0.5, 0.6) is 0 Å². The predicted molar refractivity (Wildman–Crippen MR) is 77.4 cm³/mol. The Hall–Kier alpha value is -1.68. The minimum Gasteiger partial charge on any atom is -0.397 e. The average molecular weight is 292 g/mol. The first-order valence-corrected chi connectivity index (χ1v) is 6.04. The molecule has 0 bridgehead atoms. The molecular weight excluding hydrogens is 278 g/mol. The van der Waals surface area contributed by atoms with Crippen LogP contribution in [-0.4, -0.2) is 0 Å². The largest absolute Gasteiger partial charge is 0.397 e. The van der Waals surface area contributed by atoms with Crippen molar-refractivity contribution in [3.63, 3.8) is 0 Å². The SMILES string of the molecule is Cc1ccc(Nc2ccc(N)c(N)c2)cc1Br. The molecule has 0 atom stereocenters. The molecule has 3 nitrogen and oxygen atoms in total. The minimum absolute atomic E-state index is 0.584. The van der Waals surface area contributed by atoms with Gasteiger partial charge in [0, 0.05) is 15.8 Å². The van der Waals surface area contributed by atoms with E-state index < -0.39 is 0 Å². The predicted octanol–water partition coefficient (Wildman–Crippen LogP) is 3.67. The summed E-state index contributed by atoms with van der Waals surface area (Å²) in [6.07, 6.45) is 0. The molecule has 0 spiro atoms. The maximum absolute atomic E-state index is 5.75. The number of hydrogen-bond donors (Lipinski definition) is 3. The van der Waals surface area contributed by atoms with Crippen molar-refractivity contribution in [2.24, 2.45) is 0 Å². The first kappa shape index (κ1) is 11.8. The second kappa shape index (κ2) is 4.67. The average Bonchev–Trinajstić information content (AvgIpc) is 2.29. The van der Waals surface area contributed by atoms with E-state index in [4.69, 9.17) is 11.5 Å². The molecule has 0 amide bonds. The fourth-order valence-corrected chi connectivity index (χ4v) is 1.87. The summed E-state index contributed by atoms with van der Waals surface area (Å²) in [6.45, 7) is 2.05. The molecule has 0 unspecified atom stereocenters. The molecule has 0 aliphatic heterocycles. The normalized spacial score (nSPS) is 10.2. The van der Waals surface area contributed by atoms with Gasteiger partial charge in [-0.15, -0.1) is 0 Å². The number of benzene rings is 2. The molecule has 88 valence electrons. The molecular formula is C13H14BrN3. The van der Waals surface area contributed by atoms with Crippen LogP contribution in [-0.2, 0) is 0 Å². The molecule has 2 aromatic rings. The van der Waals surface area contributed by atoms with Crippen LogP contribution in [0.15, 0.2) is 40.9 Å². The third-order valence-electron chi connectivity index (χ3n) is 2.55. The summed E-state index contributed by atoms with van der Waals surface area (Å²) in [4.78, 5) is 0. The molecule has 17 heavy (non-hydrogen) atoms. The monoisotopic (exact) mass is 291 g/mol. The minimum atomic E-state index is 0.584. The van der Waals surface area contributed by atoms with Crippen LogP contribution in [0.25, 0.3) is 0 Å². The first-order valence-electron chi connectivity index (χ1n) is 5.24. The van der Waals surface area contributed by atoms with Crippen molar-refractivity contribution in [2.75, 3.05) is 16.8 Å². The summed E-state index contributed by atoms with van der Waals surface area (Å²) < 4.78 is 1.07. The van der Waals surface area contributed by atoms with Gasteiger partial charge in [0.2, 0.25) is 0 Å². The number of nitrogens with two attached hydrogens (primary N) is 2. The third-order valence-corrected chi connectivity index (χ3v) is 3.40. The molecule has 5 N–H and O–H groups in total. The Bertz CT molecular complexity index is 503. The topological polar surface area (TPSA) is 64.1 Å². The van der Waals surface area contributed by atoms with Crippen LogP contribution in [0.1, 0.15) is 5.56 Å². The summed E-state index contributed by atoms with van der Waals surface area (Å²) in [5.41, 5.74) is 15.7. The Morgan fingerprint density at radius 1 is 0.941 bits per heavy atom. The van der Waals surface area contributed by atoms with Crippen LogP contribution in [0.2, 0.25) is 0 Å². The van der Waals surface area contributed by atoms with E-state index in [2.05, 4.69) is 28.2 Å². The van der Waals surface area contributed by atoms with E-state index in [0.29, 0.717) is 11.4 Å². The summed E-state index contributed by atoms with van der Waals surface area (Å²) >= 11 is 3.50. The standard InChI is InChI=1S/C13H14BrN3/c1-8-2-3-9(6-11(8)14)17-10-4-5-12(15)13(16)7-10/h2-7,17H,15-16H2,1H3. The lowest BCUT2D eigenvalue weighted by atomic mass is 10.2. The number of hydrogen-bond acceptors (Lipinski definition) is 3. The highest BCUT2D eigenvalue weighted by Crippen LogP contribution is 2.26. The second-order valence-corrected chi connectivity index (χ2v) is 4.79. The Morgan fingerprint density at radius 2 is 1.59 bits per heavy atom. The van der Waals surface area contributed by atoms with Gasteiger partial charge in [0.15, 0.2) is 0 Å². The molecule has 2 rings (SSSR count). The molecule has 4 heteroatoms. The van der Waals surface area contributed by atoms with Crippen molar-refractivity contribution in [1.82, 2.24) is 0 Å². The van der Waals surface area contributed by atoms with Gasteiger partial charge < -0.3 is 16.8 Å². The van der Waals surface area contributed by atoms with Crippen LogP contribution < -0.4 is 16.8 Å². The van der Waals surface area contributed by atoms with Crippen molar-refractivity contribution >= 4 is 38.7 Å². The Balaban J connectivity index is 2.25. The van der Waals surface area contributed by atoms with Crippen molar-refractivity contribution in [3.8, 4) is 0 Å². The lowest BCUT2D eigenvalue weighted by molar-refractivity contribution is 1.42. The van der Waals surface area contributed by atoms with Gasteiger partial charge in [-0.2, -0.15) is 0 Å². The number of nitrogen functional groups attached to an aromatic ring is 2. The first-order chi connectivity index (χ1) is 8.06. The quantitative estimate of drug-likeness (QED) is 0.740. The highest BCUT2D eigenvalue weighted by atomic mass is 79.9. The lowest BCUT2D eigenvalue weighted by Crippen LogP contribution is -1.97. The number of nitrogens with one attached hydrogen (secondary N) is 1. The van der Waals surface area contributed by atoms with Crippen molar-refractivity contribution in [3.05, 3.63) is 46.4 Å². The highest BCUT2D eigenvalue weighted by molar-refractivity contribution is 9.10. The van der Waals surface area contributed by atoms with Gasteiger partial charge in [-0.05, 0) is 42.8 Å². The van der Waals surface area contributed by atoms with E-state index >= 15 is 0 Å². The Kier molecular flexibility index (Phi) is 3.24. The zero-order chi connectivity index (χ0) is 12.4. The van der Waals surface area contributed by atoms with E-state index in [9.17, 15) is 0 Å². The van der Waals surface area contributed by atoms with E-state index in [1.54, 1.807) is 6.07 Å². The van der Waals surface area contributed by atoms with Crippen molar-refractivity contribution in [1.29, 1.82) is 0 Å². The molecule has 0 fully saturated rings. The fraction of sp³-hybridized carbons (Fsp3) is 0.0769. The van der Waals surface area contributed by atoms with Gasteiger partial charge in [-0.25, -0.2) is 0 Å². The van der Waals surface area contributed by atoms with E-state index in [-0.39, 0.29) is 0 Å². The molecule has 0 radical (unpaired) electrons. The smallest absolute Gasteiger partial charge is 0.0568 e. The lowest BCUT2D eigenvalue weighted by Gasteiger charge is -2.09. The van der Waals surface area contributed by atoms with E-state index in [1.165, 1.54) is 5.56 Å². The fourth-order valence-electron chi connectivity index (χ4n) is 1.49. The molecule has 0 aliphatic rings. The molecule has 0 aromatic heterocycles. The number of rotatable bonds is 2. The second-order valence-electron chi connectivity index (χ2n) is 3.93. The van der Waals surface area contributed by atoms with Crippen LogP contribution in [0, 0.1) is 6.92 Å². The van der Waals surface area contributed by atoms with Gasteiger partial charge in [-0.1, -0.05) is 22.0 Å². The maximum atomic E-state index is 5.75. The van der Waals surface area contributed by atoms with Gasteiger partial charge >= 0.3 is 0 Å². The maximum Gasteiger partial charge on any atom is 0.0568 e. The van der Waals surface area contributed by atoms with Gasteiger partial charge in [0.05, 0.1) is 11.4 Å². The number of halogens is 1. The summed E-state index contributed by atoms with van der Waals surface area (Å²) in [6, 6.07) is 11.6. The summed E-state index contributed by atoms with van der Waals surface area (Å²) in [5.74, 6) is 0. The Morgan fingerprint density at radius 3 is 2.24 bits per heavy atom. The molecule has 0 saturated carbocycles. The highest BCUT2D eigenvalue weighted by Gasteiger charge is 2.00. The zero-order valence-corrected chi connectivity index (χ0v) is 11.1. The molecule has 0 saturated heterocycles. The van der Waals surface area contributed by atoms with Gasteiger partial charge in [0.1, 0.15) is 0 Å². The third kappa shape index (κ3) is 2.71. The van der Waals surface area contributed by atoms with E-state index in [0.717, 1.165) is 15.8 Å². The number of aryl methyl sites for hydroxylation is 1. The molecule has 0 aliphatic carbocycles. The van der Waals surface area contributed by atoms with Crippen molar-refractivity contribution in [2.45, 2.75) is 6.92 Å². The zero-order valence-electron chi connectivity index (χ0n) is 9.50. The van der Waals surface area contributed by atoms with Crippen molar-refractivity contribution < 1.29 is 0 Å². The van der Waals surface area contributed by atoms with Gasteiger partial charge in [-0.3, -0.25) is 0 Å². The van der Waals surface area contributed by atoms with E-state index in [1.807, 2.05) is 30.3 Å². The van der Waals surface area contributed by atoms with Crippen LogP contribution in [0.4, 0.5) is 22.7 Å². The van der Waals surface area contributed by atoms with Crippen LogP contribution >= 0.6 is 15.9 Å². The molecule has 2 aromatic carbocycles.